The Morgan fingerprint density at radius 2 is 1.77 bits per heavy atom. The number of hydrogen-bond acceptors (Lipinski definition) is 10. The molecule has 3 heterocycles. The summed E-state index contributed by atoms with van der Waals surface area (Å²) in [6.45, 7) is 1.99. The third kappa shape index (κ3) is 3.76. The Labute approximate surface area is 204 Å². The molecular weight excluding hydrogens is 472 g/mol. The first-order valence-electron chi connectivity index (χ1n) is 10.8. The minimum absolute atomic E-state index is 0.107. The number of benzene rings is 2. The minimum Gasteiger partial charge on any atom is -0.398 e. The van der Waals surface area contributed by atoms with E-state index in [1.165, 1.54) is 25.6 Å². The predicted octanol–water partition coefficient (Wildman–Crippen LogP) is 1.74. The van der Waals surface area contributed by atoms with Crippen molar-refractivity contribution in [2.24, 2.45) is 5.16 Å². The Balaban J connectivity index is 1.40. The molecule has 5 rings (SSSR count). The maximum Gasteiger partial charge on any atom is 0.285 e. The smallest absolute Gasteiger partial charge is 0.285 e. The number of carbonyl (C=O) groups is 3. The molecule has 11 nitrogen and oxygen atoms in total. The number of nitrogens with two attached hydrogens (primary N) is 1. The van der Waals surface area contributed by atoms with Crippen molar-refractivity contribution in [3.05, 3.63) is 52.5 Å². The molecule has 3 aromatic rings. The Kier molecular flexibility index (Phi) is 5.83. The summed E-state index contributed by atoms with van der Waals surface area (Å²) in [5.41, 5.74) is 7.92. The Bertz CT molecular complexity index is 1360. The Morgan fingerprint density at radius 1 is 1.06 bits per heavy atom. The molecule has 0 bridgehead atoms. The van der Waals surface area contributed by atoms with Crippen molar-refractivity contribution >= 4 is 56.4 Å². The number of nitrogen functional groups attached to an aromatic ring is 1. The van der Waals surface area contributed by atoms with E-state index in [0.717, 1.165) is 16.1 Å². The summed E-state index contributed by atoms with van der Waals surface area (Å²) >= 11 is 1.22. The molecule has 2 aliphatic heterocycles. The van der Waals surface area contributed by atoms with Gasteiger partial charge in [0.05, 0.1) is 18.2 Å². The summed E-state index contributed by atoms with van der Waals surface area (Å²) in [6, 6.07) is 8.97. The van der Waals surface area contributed by atoms with Gasteiger partial charge in [-0.05, 0) is 18.2 Å². The fourth-order valence-corrected chi connectivity index (χ4v) is 5.03. The van der Waals surface area contributed by atoms with Crippen LogP contribution in [0.3, 0.4) is 0 Å². The summed E-state index contributed by atoms with van der Waals surface area (Å²) in [6.07, 6.45) is 0. The molecule has 12 heteroatoms. The van der Waals surface area contributed by atoms with E-state index in [1.54, 1.807) is 28.5 Å². The van der Waals surface area contributed by atoms with Gasteiger partial charge in [0.2, 0.25) is 0 Å². The average Bonchev–Trinajstić information content (AvgIpc) is 3.31. The molecule has 0 atom stereocenters. The van der Waals surface area contributed by atoms with E-state index >= 15 is 0 Å². The van der Waals surface area contributed by atoms with Crippen molar-refractivity contribution < 1.29 is 24.1 Å². The van der Waals surface area contributed by atoms with Crippen molar-refractivity contribution in [2.45, 2.75) is 0 Å². The summed E-state index contributed by atoms with van der Waals surface area (Å²) in [5, 5.41) is 8.09. The zero-order valence-electron chi connectivity index (χ0n) is 19.1. The van der Waals surface area contributed by atoms with Crippen LogP contribution in [-0.2, 0) is 14.5 Å². The summed E-state index contributed by atoms with van der Waals surface area (Å²) in [5.74, 6) is -1.27. The molecule has 0 unspecified atom stereocenters. The van der Waals surface area contributed by atoms with Crippen LogP contribution in [-0.4, -0.2) is 78.8 Å². The molecule has 1 aromatic heterocycles. The first-order chi connectivity index (χ1) is 16.9. The molecule has 3 amide bonds. The maximum atomic E-state index is 13.1. The SMILES string of the molecule is CO/N=C(\C(=O)N1CCN(c2ccc3c4c(cccc24)C(=O)N(OC)C3=O)CC1)c1csc(N)n1. The predicted molar refractivity (Wildman–Crippen MR) is 130 cm³/mol. The highest BCUT2D eigenvalue weighted by Crippen LogP contribution is 2.36. The van der Waals surface area contributed by atoms with Crippen molar-refractivity contribution in [2.75, 3.05) is 51.0 Å². The van der Waals surface area contributed by atoms with E-state index in [0.29, 0.717) is 53.5 Å². The highest BCUT2D eigenvalue weighted by molar-refractivity contribution is 7.13. The largest absolute Gasteiger partial charge is 0.398 e. The molecule has 180 valence electrons. The van der Waals surface area contributed by atoms with Crippen molar-refractivity contribution in [3.8, 4) is 0 Å². The fraction of sp³-hybridized carbons (Fsp3) is 0.261. The lowest BCUT2D eigenvalue weighted by Crippen LogP contribution is -2.51. The first-order valence-corrected chi connectivity index (χ1v) is 11.7. The van der Waals surface area contributed by atoms with Crippen LogP contribution in [0.2, 0.25) is 0 Å². The minimum atomic E-state index is -0.490. The van der Waals surface area contributed by atoms with Gasteiger partial charge in [0.1, 0.15) is 12.8 Å². The fourth-order valence-electron chi connectivity index (χ4n) is 4.48. The molecule has 1 fully saturated rings. The number of amides is 3. The van der Waals surface area contributed by atoms with Crippen LogP contribution in [0.15, 0.2) is 40.9 Å². The van der Waals surface area contributed by atoms with Gasteiger partial charge in [-0.2, -0.15) is 0 Å². The number of piperazine rings is 1. The number of rotatable bonds is 5. The molecule has 0 radical (unpaired) electrons. The Morgan fingerprint density at radius 3 is 2.40 bits per heavy atom. The second kappa shape index (κ2) is 8.96. The number of imide groups is 1. The molecule has 1 saturated heterocycles. The number of nitrogens with zero attached hydrogens (tertiary/aromatic N) is 5. The van der Waals surface area contributed by atoms with Crippen LogP contribution in [0.25, 0.3) is 10.8 Å². The zero-order valence-corrected chi connectivity index (χ0v) is 19.9. The van der Waals surface area contributed by atoms with Gasteiger partial charge < -0.3 is 20.4 Å². The van der Waals surface area contributed by atoms with Gasteiger partial charge in [0.25, 0.3) is 17.7 Å². The Hall–Kier alpha value is -4.03. The number of hydroxylamine groups is 2. The van der Waals surface area contributed by atoms with Gasteiger partial charge >= 0.3 is 0 Å². The summed E-state index contributed by atoms with van der Waals surface area (Å²) in [4.78, 5) is 56.6. The van der Waals surface area contributed by atoms with E-state index in [9.17, 15) is 14.4 Å². The second-order valence-corrected chi connectivity index (χ2v) is 8.81. The standard InChI is InChI=1S/C23H22N6O5S/c1-33-26-19(16-12-35-23(24)25-16)22(32)28-10-8-27(9-11-28)17-7-6-15-18-13(17)4-3-5-14(18)20(30)29(34-2)21(15)31/h3-7,12H,8-11H2,1-2H3,(H2,24,25)/b26-19-. The van der Waals surface area contributed by atoms with Crippen LogP contribution in [0.4, 0.5) is 10.8 Å². The number of aromatic nitrogens is 1. The van der Waals surface area contributed by atoms with Crippen molar-refractivity contribution in [1.29, 1.82) is 0 Å². The molecule has 0 spiro atoms. The van der Waals surface area contributed by atoms with E-state index < -0.39 is 11.8 Å². The normalized spacial score (nSPS) is 16.3. The third-order valence-corrected chi connectivity index (χ3v) is 6.76. The lowest BCUT2D eigenvalue weighted by Gasteiger charge is -2.37. The summed E-state index contributed by atoms with van der Waals surface area (Å²) < 4.78 is 0. The lowest BCUT2D eigenvalue weighted by molar-refractivity contribution is -0.124. The van der Waals surface area contributed by atoms with Gasteiger partial charge in [-0.25, -0.2) is 4.98 Å². The zero-order chi connectivity index (χ0) is 24.7. The molecular formula is C23H22N6O5S. The van der Waals surface area contributed by atoms with Gasteiger partial charge in [0, 0.05) is 48.0 Å². The van der Waals surface area contributed by atoms with Crippen LogP contribution < -0.4 is 10.6 Å². The quantitative estimate of drug-likeness (QED) is 0.322. The lowest BCUT2D eigenvalue weighted by atomic mass is 9.93. The van der Waals surface area contributed by atoms with Gasteiger partial charge in [-0.3, -0.25) is 19.2 Å². The monoisotopic (exact) mass is 494 g/mol. The van der Waals surface area contributed by atoms with Crippen LogP contribution in [0.5, 0.6) is 0 Å². The number of thiazole rings is 1. The van der Waals surface area contributed by atoms with E-state index in [4.69, 9.17) is 15.4 Å². The van der Waals surface area contributed by atoms with Crippen LogP contribution in [0, 0.1) is 0 Å². The number of carbonyl (C=O) groups excluding carboxylic acids is 3. The van der Waals surface area contributed by atoms with Crippen molar-refractivity contribution in [3.63, 3.8) is 0 Å². The molecule has 2 aliphatic rings. The second-order valence-electron chi connectivity index (χ2n) is 7.92. The van der Waals surface area contributed by atoms with E-state index in [2.05, 4.69) is 15.0 Å². The highest BCUT2D eigenvalue weighted by Gasteiger charge is 2.35. The number of hydrogen-bond donors (Lipinski definition) is 1. The van der Waals surface area contributed by atoms with Gasteiger partial charge in [-0.15, -0.1) is 16.4 Å². The maximum absolute atomic E-state index is 13.1. The number of anilines is 2. The number of oxime groups is 1. The summed E-state index contributed by atoms with van der Waals surface area (Å²) in [7, 11) is 2.67. The topological polar surface area (TPSA) is 131 Å². The molecule has 35 heavy (non-hydrogen) atoms. The molecule has 2 aromatic carbocycles. The first kappa shape index (κ1) is 22.7. The molecule has 0 aliphatic carbocycles. The van der Waals surface area contributed by atoms with E-state index in [1.807, 2.05) is 12.1 Å². The van der Waals surface area contributed by atoms with Crippen LogP contribution in [0.1, 0.15) is 26.4 Å². The van der Waals surface area contributed by atoms with Crippen LogP contribution >= 0.6 is 11.3 Å². The third-order valence-electron chi connectivity index (χ3n) is 6.09. The van der Waals surface area contributed by atoms with Crippen molar-refractivity contribution in [1.82, 2.24) is 14.9 Å². The van der Waals surface area contributed by atoms with Gasteiger partial charge in [0.15, 0.2) is 10.8 Å². The van der Waals surface area contributed by atoms with E-state index in [-0.39, 0.29) is 11.6 Å². The van der Waals surface area contributed by atoms with Gasteiger partial charge in [-0.1, -0.05) is 17.3 Å². The molecule has 0 saturated carbocycles. The highest BCUT2D eigenvalue weighted by atomic mass is 32.1. The molecule has 2 N–H and O–H groups in total. The average molecular weight is 495 g/mol.